The fourth-order valence-electron chi connectivity index (χ4n) is 3.47. The highest BCUT2D eigenvalue weighted by Crippen LogP contribution is 2.26. The molecule has 1 aromatic carbocycles. The lowest BCUT2D eigenvalue weighted by Gasteiger charge is -2.30. The van der Waals surface area contributed by atoms with Crippen LogP contribution in [0.5, 0.6) is 0 Å². The molecule has 140 valence electrons. The van der Waals surface area contributed by atoms with Crippen LogP contribution in [-0.2, 0) is 9.59 Å². The minimum atomic E-state index is -0.784. The molecule has 2 aliphatic heterocycles. The van der Waals surface area contributed by atoms with Gasteiger partial charge in [0.2, 0.25) is 5.91 Å². The average Bonchev–Trinajstić information content (AvgIpc) is 3.21. The molecular weight excluding hydrogens is 352 g/mol. The van der Waals surface area contributed by atoms with E-state index in [2.05, 4.69) is 0 Å². The van der Waals surface area contributed by atoms with Gasteiger partial charge in [-0.2, -0.15) is 0 Å². The Morgan fingerprint density at radius 2 is 1.65 bits per heavy atom. The molecule has 2 fully saturated rings. The summed E-state index contributed by atoms with van der Waals surface area (Å²) in [5, 5.41) is 9.09. The molecule has 1 N–H and O–H groups in total. The molecule has 0 aromatic heterocycles. The van der Waals surface area contributed by atoms with Gasteiger partial charge in [-0.15, -0.1) is 11.8 Å². The Morgan fingerprint density at radius 3 is 2.31 bits per heavy atom. The van der Waals surface area contributed by atoms with E-state index in [4.69, 9.17) is 5.11 Å². The zero-order valence-electron chi connectivity index (χ0n) is 14.7. The lowest BCUT2D eigenvalue weighted by Crippen LogP contribution is -2.40. The van der Waals surface area contributed by atoms with Crippen LogP contribution in [0.3, 0.4) is 0 Å². The van der Waals surface area contributed by atoms with Gasteiger partial charge in [-0.05, 0) is 37.8 Å². The van der Waals surface area contributed by atoms with Crippen molar-refractivity contribution in [2.45, 2.75) is 30.6 Å². The van der Waals surface area contributed by atoms with Crippen LogP contribution in [0.15, 0.2) is 29.2 Å². The number of benzene rings is 1. The van der Waals surface area contributed by atoms with Crippen LogP contribution in [-0.4, -0.2) is 64.6 Å². The first-order chi connectivity index (χ1) is 12.6. The van der Waals surface area contributed by atoms with Crippen molar-refractivity contribution >= 4 is 29.5 Å². The van der Waals surface area contributed by atoms with Crippen molar-refractivity contribution in [2.24, 2.45) is 5.92 Å². The molecule has 3 rings (SSSR count). The topological polar surface area (TPSA) is 77.9 Å². The molecule has 0 radical (unpaired) electrons. The molecule has 0 spiro atoms. The molecule has 2 amide bonds. The molecule has 0 saturated carbocycles. The third-order valence-electron chi connectivity index (χ3n) is 5.06. The molecule has 2 heterocycles. The summed E-state index contributed by atoms with van der Waals surface area (Å²) < 4.78 is 0. The Kier molecular flexibility index (Phi) is 6.19. The van der Waals surface area contributed by atoms with Crippen LogP contribution in [0.4, 0.5) is 0 Å². The monoisotopic (exact) mass is 376 g/mol. The van der Waals surface area contributed by atoms with E-state index < -0.39 is 5.97 Å². The second-order valence-electron chi connectivity index (χ2n) is 6.78. The van der Waals surface area contributed by atoms with E-state index in [-0.39, 0.29) is 17.7 Å². The van der Waals surface area contributed by atoms with Crippen molar-refractivity contribution in [3.05, 3.63) is 29.8 Å². The summed E-state index contributed by atoms with van der Waals surface area (Å²) in [6, 6.07) is 7.35. The number of rotatable bonds is 5. The maximum atomic E-state index is 12.9. The van der Waals surface area contributed by atoms with Gasteiger partial charge in [-0.25, -0.2) is 0 Å². The first-order valence-corrected chi connectivity index (χ1v) is 10.1. The molecule has 0 unspecified atom stereocenters. The number of amides is 2. The van der Waals surface area contributed by atoms with Gasteiger partial charge in [0.05, 0.1) is 17.2 Å². The Labute approximate surface area is 157 Å². The summed E-state index contributed by atoms with van der Waals surface area (Å²) in [7, 11) is 0. The molecular formula is C19H24N2O4S. The minimum absolute atomic E-state index is 0.0782. The fraction of sp³-hybridized carbons (Fsp3) is 0.526. The van der Waals surface area contributed by atoms with E-state index in [1.807, 2.05) is 23.1 Å². The molecule has 7 heteroatoms. The molecule has 6 nitrogen and oxygen atoms in total. The first-order valence-electron chi connectivity index (χ1n) is 9.08. The normalized spacial score (nSPS) is 18.2. The smallest absolute Gasteiger partial charge is 0.306 e. The molecule has 2 aliphatic rings. The molecule has 2 saturated heterocycles. The van der Waals surface area contributed by atoms with Crippen molar-refractivity contribution in [2.75, 3.05) is 31.9 Å². The number of hydrogen-bond donors (Lipinski definition) is 1. The maximum Gasteiger partial charge on any atom is 0.306 e. The van der Waals surface area contributed by atoms with Gasteiger partial charge in [0, 0.05) is 31.1 Å². The van der Waals surface area contributed by atoms with E-state index in [0.717, 1.165) is 30.8 Å². The van der Waals surface area contributed by atoms with Crippen LogP contribution in [0.2, 0.25) is 0 Å². The van der Waals surface area contributed by atoms with Gasteiger partial charge in [0.1, 0.15) is 0 Å². The number of aliphatic carboxylic acids is 1. The molecule has 1 aromatic rings. The van der Waals surface area contributed by atoms with Gasteiger partial charge in [0.15, 0.2) is 0 Å². The van der Waals surface area contributed by atoms with Crippen molar-refractivity contribution in [3.8, 4) is 0 Å². The highest BCUT2D eigenvalue weighted by molar-refractivity contribution is 8.00. The number of hydrogen-bond acceptors (Lipinski definition) is 4. The van der Waals surface area contributed by atoms with Crippen LogP contribution >= 0.6 is 11.8 Å². The largest absolute Gasteiger partial charge is 0.481 e. The van der Waals surface area contributed by atoms with Gasteiger partial charge in [0.25, 0.3) is 5.91 Å². The molecule has 0 bridgehead atoms. The number of likely N-dealkylation sites (tertiary alicyclic amines) is 2. The van der Waals surface area contributed by atoms with Crippen molar-refractivity contribution in [1.29, 1.82) is 0 Å². The van der Waals surface area contributed by atoms with Gasteiger partial charge in [-0.1, -0.05) is 12.1 Å². The highest BCUT2D eigenvalue weighted by Gasteiger charge is 2.28. The number of carbonyl (C=O) groups is 3. The average molecular weight is 376 g/mol. The van der Waals surface area contributed by atoms with E-state index in [9.17, 15) is 14.4 Å². The number of thioether (sulfide) groups is 1. The lowest BCUT2D eigenvalue weighted by molar-refractivity contribution is -0.143. The number of carbonyl (C=O) groups excluding carboxylic acids is 2. The van der Waals surface area contributed by atoms with E-state index in [1.165, 1.54) is 11.8 Å². The van der Waals surface area contributed by atoms with Gasteiger partial charge < -0.3 is 14.9 Å². The van der Waals surface area contributed by atoms with Crippen molar-refractivity contribution in [1.82, 2.24) is 9.80 Å². The summed E-state index contributed by atoms with van der Waals surface area (Å²) in [5.74, 6) is -0.761. The Bertz CT molecular complexity index is 680. The zero-order valence-corrected chi connectivity index (χ0v) is 15.5. The van der Waals surface area contributed by atoms with Crippen LogP contribution in [0, 0.1) is 5.92 Å². The zero-order chi connectivity index (χ0) is 18.5. The minimum Gasteiger partial charge on any atom is -0.481 e. The van der Waals surface area contributed by atoms with Crippen LogP contribution in [0.1, 0.15) is 36.0 Å². The number of carboxylic acids is 1. The standard InChI is InChI=1S/C19H24N2O4S/c22-17(20-9-3-4-10-20)13-26-16-6-2-1-5-15(16)18(23)21-11-7-14(8-12-21)19(24)25/h1-2,5-6,14H,3-4,7-13H2,(H,24,25). The van der Waals surface area contributed by atoms with Crippen molar-refractivity contribution in [3.63, 3.8) is 0 Å². The van der Waals surface area contributed by atoms with Crippen LogP contribution < -0.4 is 0 Å². The fourth-order valence-corrected chi connectivity index (χ4v) is 4.41. The Hall–Kier alpha value is -2.02. The summed E-state index contributed by atoms with van der Waals surface area (Å²) in [4.78, 5) is 40.6. The van der Waals surface area contributed by atoms with E-state index in [0.29, 0.717) is 37.2 Å². The number of nitrogens with zero attached hydrogens (tertiary/aromatic N) is 2. The molecule has 0 atom stereocenters. The highest BCUT2D eigenvalue weighted by atomic mass is 32.2. The van der Waals surface area contributed by atoms with Crippen LogP contribution in [0.25, 0.3) is 0 Å². The third-order valence-corrected chi connectivity index (χ3v) is 6.12. The number of piperidine rings is 1. The summed E-state index contributed by atoms with van der Waals surface area (Å²) in [5.41, 5.74) is 0.598. The maximum absolute atomic E-state index is 12.9. The summed E-state index contributed by atoms with van der Waals surface area (Å²) in [6.45, 7) is 2.58. The predicted molar refractivity (Wildman–Crippen MR) is 99.2 cm³/mol. The van der Waals surface area contributed by atoms with E-state index >= 15 is 0 Å². The Balaban J connectivity index is 1.62. The van der Waals surface area contributed by atoms with Crippen molar-refractivity contribution < 1.29 is 19.5 Å². The van der Waals surface area contributed by atoms with E-state index in [1.54, 1.807) is 11.0 Å². The quantitative estimate of drug-likeness (QED) is 0.798. The summed E-state index contributed by atoms with van der Waals surface area (Å²) >= 11 is 1.41. The first kappa shape index (κ1) is 18.8. The summed E-state index contributed by atoms with van der Waals surface area (Å²) in [6.07, 6.45) is 3.11. The number of carboxylic acid groups (broad SMARTS) is 1. The molecule has 0 aliphatic carbocycles. The predicted octanol–water partition coefficient (Wildman–Crippen LogP) is 2.34. The third kappa shape index (κ3) is 4.38. The van der Waals surface area contributed by atoms with Gasteiger partial charge in [-0.3, -0.25) is 14.4 Å². The SMILES string of the molecule is O=C(O)C1CCN(C(=O)c2ccccc2SCC(=O)N2CCCC2)CC1. The lowest BCUT2D eigenvalue weighted by atomic mass is 9.96. The second-order valence-corrected chi connectivity index (χ2v) is 7.79. The second kappa shape index (κ2) is 8.58. The van der Waals surface area contributed by atoms with Gasteiger partial charge >= 0.3 is 5.97 Å². The molecule has 26 heavy (non-hydrogen) atoms. The Morgan fingerprint density at radius 1 is 1.00 bits per heavy atom.